The van der Waals surface area contributed by atoms with Gasteiger partial charge in [0.05, 0.1) is 0 Å². The summed E-state index contributed by atoms with van der Waals surface area (Å²) in [6.07, 6.45) is 5.46. The molecular weight excluding hydrogens is 160 g/mol. The Morgan fingerprint density at radius 3 is 2.23 bits per heavy atom. The number of carbonyl (C=O) groups excluding carboxylic acids is 1. The van der Waals surface area contributed by atoms with Crippen molar-refractivity contribution in [3.05, 3.63) is 11.6 Å². The normalized spacial score (nSPS) is 13.2. The van der Waals surface area contributed by atoms with Crippen molar-refractivity contribution in [2.75, 3.05) is 0 Å². The number of allylic oxidation sites excluding steroid dienone is 2. The van der Waals surface area contributed by atoms with Gasteiger partial charge in [-0.1, -0.05) is 46.6 Å². The third-order valence-corrected chi connectivity index (χ3v) is 2.05. The van der Waals surface area contributed by atoms with Gasteiger partial charge in [0.2, 0.25) is 0 Å². The van der Waals surface area contributed by atoms with E-state index in [9.17, 15) is 4.79 Å². The molecule has 0 rings (SSSR count). The third kappa shape index (κ3) is 4.87. The van der Waals surface area contributed by atoms with E-state index in [1.54, 1.807) is 0 Å². The lowest BCUT2D eigenvalue weighted by Crippen LogP contribution is -2.20. The predicted octanol–water partition coefficient (Wildman–Crippen LogP) is 3.74. The van der Waals surface area contributed by atoms with Crippen molar-refractivity contribution < 1.29 is 4.79 Å². The molecule has 0 amide bonds. The Balaban J connectivity index is 4.18. The number of hydrogen-bond donors (Lipinski definition) is 0. The number of Topliss-reactive ketones (excluding diaryl/α,β-unsaturated/α-hetero) is 1. The molecule has 0 bridgehead atoms. The van der Waals surface area contributed by atoms with Crippen LogP contribution in [0, 0.1) is 5.41 Å². The molecule has 0 aromatic heterocycles. The summed E-state index contributed by atoms with van der Waals surface area (Å²) in [5.74, 6) is 0.267. The summed E-state index contributed by atoms with van der Waals surface area (Å²) in [6.45, 7) is 9.98. The van der Waals surface area contributed by atoms with E-state index >= 15 is 0 Å². The number of hydrogen-bond acceptors (Lipinski definition) is 1. The van der Waals surface area contributed by atoms with E-state index in [1.165, 1.54) is 12.8 Å². The minimum atomic E-state index is -0.229. The summed E-state index contributed by atoms with van der Waals surface area (Å²) in [6, 6.07) is 0. The molecule has 0 aliphatic rings. The summed E-state index contributed by atoms with van der Waals surface area (Å²) >= 11 is 0. The molecule has 0 aromatic rings. The zero-order valence-electron chi connectivity index (χ0n) is 9.61. The standard InChI is InChI=1S/C12H22O/c1-6-7-8-9-10(2)11(13)12(3,4)5/h9H,6-8H2,1-5H3/b10-9+. The fourth-order valence-corrected chi connectivity index (χ4v) is 1.21. The van der Waals surface area contributed by atoms with Crippen molar-refractivity contribution in [2.24, 2.45) is 5.41 Å². The minimum Gasteiger partial charge on any atom is -0.294 e. The van der Waals surface area contributed by atoms with Gasteiger partial charge in [-0.3, -0.25) is 4.79 Å². The van der Waals surface area contributed by atoms with Crippen LogP contribution in [0.1, 0.15) is 53.9 Å². The summed E-state index contributed by atoms with van der Waals surface area (Å²) in [7, 11) is 0. The van der Waals surface area contributed by atoms with Crippen LogP contribution in [0.2, 0.25) is 0 Å². The molecule has 0 atom stereocenters. The van der Waals surface area contributed by atoms with Gasteiger partial charge >= 0.3 is 0 Å². The second-order valence-electron chi connectivity index (χ2n) is 4.61. The first kappa shape index (κ1) is 12.4. The van der Waals surface area contributed by atoms with Gasteiger partial charge in [-0.05, 0) is 18.9 Å². The smallest absolute Gasteiger partial charge is 0.163 e. The van der Waals surface area contributed by atoms with Gasteiger partial charge in [0.1, 0.15) is 0 Å². The quantitative estimate of drug-likeness (QED) is 0.478. The fraction of sp³-hybridized carbons (Fsp3) is 0.750. The summed E-state index contributed by atoms with van der Waals surface area (Å²) < 4.78 is 0. The molecule has 0 saturated carbocycles. The van der Waals surface area contributed by atoms with Crippen LogP contribution >= 0.6 is 0 Å². The molecule has 0 fully saturated rings. The molecule has 0 heterocycles. The molecule has 0 aromatic carbocycles. The van der Waals surface area contributed by atoms with Crippen LogP contribution in [-0.2, 0) is 4.79 Å². The predicted molar refractivity (Wildman–Crippen MR) is 57.7 cm³/mol. The SMILES string of the molecule is CCCC/C=C(\C)C(=O)C(C)(C)C. The zero-order chi connectivity index (χ0) is 10.5. The molecule has 0 radical (unpaired) electrons. The molecule has 1 nitrogen and oxygen atoms in total. The van der Waals surface area contributed by atoms with Crippen LogP contribution in [0.25, 0.3) is 0 Å². The first-order valence-electron chi connectivity index (χ1n) is 5.11. The van der Waals surface area contributed by atoms with Gasteiger partial charge in [-0.25, -0.2) is 0 Å². The van der Waals surface area contributed by atoms with Crippen LogP contribution < -0.4 is 0 Å². The highest BCUT2D eigenvalue weighted by atomic mass is 16.1. The van der Waals surface area contributed by atoms with Crippen molar-refractivity contribution in [3.63, 3.8) is 0 Å². The number of rotatable bonds is 4. The zero-order valence-corrected chi connectivity index (χ0v) is 9.61. The van der Waals surface area contributed by atoms with Gasteiger partial charge in [0.25, 0.3) is 0 Å². The van der Waals surface area contributed by atoms with E-state index < -0.39 is 0 Å². The minimum absolute atomic E-state index is 0.229. The van der Waals surface area contributed by atoms with Crippen molar-refractivity contribution in [1.29, 1.82) is 0 Å². The number of unbranched alkanes of at least 4 members (excludes halogenated alkanes) is 2. The Kier molecular flexibility index (Phi) is 4.97. The monoisotopic (exact) mass is 182 g/mol. The van der Waals surface area contributed by atoms with Crippen LogP contribution in [0.5, 0.6) is 0 Å². The van der Waals surface area contributed by atoms with E-state index in [2.05, 4.69) is 13.0 Å². The van der Waals surface area contributed by atoms with Crippen molar-refractivity contribution in [3.8, 4) is 0 Å². The van der Waals surface area contributed by atoms with Gasteiger partial charge < -0.3 is 0 Å². The third-order valence-electron chi connectivity index (χ3n) is 2.05. The molecule has 0 aliphatic heterocycles. The van der Waals surface area contributed by atoms with Gasteiger partial charge in [-0.15, -0.1) is 0 Å². The molecule has 13 heavy (non-hydrogen) atoms. The molecule has 0 saturated heterocycles. The molecule has 0 unspecified atom stereocenters. The summed E-state index contributed by atoms with van der Waals surface area (Å²) in [4.78, 5) is 11.7. The Labute approximate surface area is 82.2 Å². The Morgan fingerprint density at radius 2 is 1.85 bits per heavy atom. The lowest BCUT2D eigenvalue weighted by atomic mass is 9.86. The van der Waals surface area contributed by atoms with E-state index in [1.807, 2.05) is 27.7 Å². The number of ketones is 1. The maximum atomic E-state index is 11.7. The highest BCUT2D eigenvalue weighted by molar-refractivity contribution is 5.98. The van der Waals surface area contributed by atoms with Crippen molar-refractivity contribution in [2.45, 2.75) is 53.9 Å². The second-order valence-corrected chi connectivity index (χ2v) is 4.61. The van der Waals surface area contributed by atoms with E-state index in [0.29, 0.717) is 0 Å². The fourth-order valence-electron chi connectivity index (χ4n) is 1.21. The van der Waals surface area contributed by atoms with Crippen molar-refractivity contribution >= 4 is 5.78 Å². The lowest BCUT2D eigenvalue weighted by Gasteiger charge is -2.16. The second kappa shape index (κ2) is 5.21. The van der Waals surface area contributed by atoms with Crippen LogP contribution in [-0.4, -0.2) is 5.78 Å². The lowest BCUT2D eigenvalue weighted by molar-refractivity contribution is -0.122. The largest absolute Gasteiger partial charge is 0.294 e. The van der Waals surface area contributed by atoms with E-state index in [0.717, 1.165) is 12.0 Å². The molecule has 0 aliphatic carbocycles. The van der Waals surface area contributed by atoms with Gasteiger partial charge in [0.15, 0.2) is 5.78 Å². The Hall–Kier alpha value is -0.590. The van der Waals surface area contributed by atoms with E-state index in [-0.39, 0.29) is 11.2 Å². The maximum Gasteiger partial charge on any atom is 0.163 e. The first-order chi connectivity index (χ1) is 5.89. The number of carbonyl (C=O) groups is 1. The van der Waals surface area contributed by atoms with Crippen LogP contribution in [0.4, 0.5) is 0 Å². The van der Waals surface area contributed by atoms with Crippen LogP contribution in [0.3, 0.4) is 0 Å². The molecular formula is C12H22O. The molecule has 76 valence electrons. The molecule has 1 heteroatoms. The highest BCUT2D eigenvalue weighted by Gasteiger charge is 2.21. The average molecular weight is 182 g/mol. The highest BCUT2D eigenvalue weighted by Crippen LogP contribution is 2.19. The maximum absolute atomic E-state index is 11.7. The van der Waals surface area contributed by atoms with Gasteiger partial charge in [0, 0.05) is 5.41 Å². The van der Waals surface area contributed by atoms with Crippen LogP contribution in [0.15, 0.2) is 11.6 Å². The summed E-state index contributed by atoms with van der Waals surface area (Å²) in [5.41, 5.74) is 0.688. The van der Waals surface area contributed by atoms with E-state index in [4.69, 9.17) is 0 Å². The topological polar surface area (TPSA) is 17.1 Å². The molecule has 0 N–H and O–H groups in total. The average Bonchev–Trinajstić information content (AvgIpc) is 2.01. The first-order valence-corrected chi connectivity index (χ1v) is 5.11. The van der Waals surface area contributed by atoms with Crippen molar-refractivity contribution in [1.82, 2.24) is 0 Å². The molecule has 0 spiro atoms. The summed E-state index contributed by atoms with van der Waals surface area (Å²) in [5, 5.41) is 0. The Morgan fingerprint density at radius 1 is 1.31 bits per heavy atom. The van der Waals surface area contributed by atoms with Gasteiger partial charge in [-0.2, -0.15) is 0 Å². The Bertz CT molecular complexity index is 194.